The van der Waals surface area contributed by atoms with Gasteiger partial charge in [-0.3, -0.25) is 9.20 Å². The van der Waals surface area contributed by atoms with E-state index in [-0.39, 0.29) is 5.91 Å². The number of hydrogen-bond acceptors (Lipinski definition) is 3. The lowest BCUT2D eigenvalue weighted by molar-refractivity contribution is 0.102. The average molecular weight is 294 g/mol. The number of anilines is 1. The Morgan fingerprint density at radius 3 is 2.95 bits per heavy atom. The van der Waals surface area contributed by atoms with Gasteiger partial charge in [0.25, 0.3) is 5.91 Å². The molecule has 0 aliphatic carbocycles. The number of aryl methyl sites for hydroxylation is 2. The first-order valence-corrected chi connectivity index (χ1v) is 7.39. The van der Waals surface area contributed by atoms with Crippen molar-refractivity contribution in [3.8, 4) is 0 Å². The highest BCUT2D eigenvalue weighted by atomic mass is 16.2. The fourth-order valence-corrected chi connectivity index (χ4v) is 2.48. The first-order chi connectivity index (χ1) is 10.7. The van der Waals surface area contributed by atoms with Crippen LogP contribution in [0.4, 0.5) is 5.82 Å². The molecule has 0 atom stereocenters. The molecular formula is C17H18N4O. The maximum atomic E-state index is 12.7. The third kappa shape index (κ3) is 2.70. The molecule has 1 N–H and O–H groups in total. The second-order valence-corrected chi connectivity index (χ2v) is 5.26. The van der Waals surface area contributed by atoms with Crippen molar-refractivity contribution >= 4 is 17.4 Å². The van der Waals surface area contributed by atoms with Gasteiger partial charge in [-0.2, -0.15) is 0 Å². The fraction of sp³-hybridized carbons (Fsp3) is 0.235. The Balaban J connectivity index is 2.00. The van der Waals surface area contributed by atoms with Crippen molar-refractivity contribution in [1.82, 2.24) is 14.4 Å². The van der Waals surface area contributed by atoms with Crippen LogP contribution >= 0.6 is 0 Å². The van der Waals surface area contributed by atoms with Crippen LogP contribution in [0.25, 0.3) is 5.65 Å². The summed E-state index contributed by atoms with van der Waals surface area (Å²) in [6.45, 7) is 4.04. The van der Waals surface area contributed by atoms with E-state index in [9.17, 15) is 4.79 Å². The summed E-state index contributed by atoms with van der Waals surface area (Å²) in [5.74, 6) is 0.374. The summed E-state index contributed by atoms with van der Waals surface area (Å²) in [5.41, 5.74) is 3.24. The van der Waals surface area contributed by atoms with Crippen LogP contribution < -0.4 is 5.32 Å². The molecule has 1 amide bonds. The predicted octanol–water partition coefficient (Wildman–Crippen LogP) is 3.24. The van der Waals surface area contributed by atoms with E-state index in [1.54, 1.807) is 6.20 Å². The number of amides is 1. The maximum absolute atomic E-state index is 12.7. The van der Waals surface area contributed by atoms with Gasteiger partial charge in [0.2, 0.25) is 0 Å². The van der Waals surface area contributed by atoms with Crippen LogP contribution in [0.5, 0.6) is 0 Å². The van der Waals surface area contributed by atoms with Gasteiger partial charge in [0.1, 0.15) is 17.2 Å². The zero-order chi connectivity index (χ0) is 15.5. The number of imidazole rings is 1. The molecule has 0 bridgehead atoms. The molecule has 112 valence electrons. The molecule has 3 rings (SSSR count). The van der Waals surface area contributed by atoms with E-state index >= 15 is 0 Å². The summed E-state index contributed by atoms with van der Waals surface area (Å²) in [5, 5.41) is 2.87. The summed E-state index contributed by atoms with van der Waals surface area (Å²) in [6.07, 6.45) is 5.25. The lowest BCUT2D eigenvalue weighted by atomic mass is 10.2. The van der Waals surface area contributed by atoms with Gasteiger partial charge < -0.3 is 5.32 Å². The van der Waals surface area contributed by atoms with Crippen molar-refractivity contribution in [2.45, 2.75) is 26.7 Å². The minimum atomic E-state index is -0.180. The van der Waals surface area contributed by atoms with Crippen LogP contribution in [0.1, 0.15) is 35.1 Å². The van der Waals surface area contributed by atoms with Crippen LogP contribution in [0.15, 0.2) is 42.7 Å². The van der Waals surface area contributed by atoms with Crippen molar-refractivity contribution in [3.05, 3.63) is 59.7 Å². The number of pyridine rings is 2. The van der Waals surface area contributed by atoms with Crippen molar-refractivity contribution in [2.75, 3.05) is 5.32 Å². The van der Waals surface area contributed by atoms with E-state index in [2.05, 4.69) is 22.2 Å². The molecule has 3 aromatic heterocycles. The standard InChI is InChI=1S/C17H18N4O/c1-3-6-13-16(21-10-5-4-7-15(21)19-13)17(22)20-14-11-12(2)8-9-18-14/h4-5,7-11H,3,6H2,1-2H3,(H,18,20,22). The van der Waals surface area contributed by atoms with Gasteiger partial charge >= 0.3 is 0 Å². The molecule has 3 heterocycles. The van der Waals surface area contributed by atoms with Gasteiger partial charge in [-0.05, 0) is 43.2 Å². The van der Waals surface area contributed by atoms with E-state index < -0.39 is 0 Å². The molecule has 0 saturated carbocycles. The van der Waals surface area contributed by atoms with Crippen LogP contribution in [0.2, 0.25) is 0 Å². The summed E-state index contributed by atoms with van der Waals surface area (Å²) >= 11 is 0. The van der Waals surface area contributed by atoms with Crippen LogP contribution in [0.3, 0.4) is 0 Å². The van der Waals surface area contributed by atoms with Crippen molar-refractivity contribution in [3.63, 3.8) is 0 Å². The molecule has 0 radical (unpaired) electrons. The number of rotatable bonds is 4. The molecule has 0 aliphatic heterocycles. The Morgan fingerprint density at radius 2 is 2.18 bits per heavy atom. The summed E-state index contributed by atoms with van der Waals surface area (Å²) < 4.78 is 1.83. The first kappa shape index (κ1) is 14.3. The molecule has 0 unspecified atom stereocenters. The average Bonchev–Trinajstić information content (AvgIpc) is 2.85. The molecule has 0 fully saturated rings. The van der Waals surface area contributed by atoms with Crippen molar-refractivity contribution < 1.29 is 4.79 Å². The number of carbonyl (C=O) groups is 1. The number of nitrogens with one attached hydrogen (secondary N) is 1. The van der Waals surface area contributed by atoms with Crippen LogP contribution in [-0.2, 0) is 6.42 Å². The molecule has 0 aliphatic rings. The highest BCUT2D eigenvalue weighted by molar-refractivity contribution is 6.04. The smallest absolute Gasteiger partial charge is 0.275 e. The van der Waals surface area contributed by atoms with E-state index in [4.69, 9.17) is 0 Å². The predicted molar refractivity (Wildman–Crippen MR) is 86.1 cm³/mol. The Hall–Kier alpha value is -2.69. The number of carbonyl (C=O) groups excluding carboxylic acids is 1. The number of nitrogens with zero attached hydrogens (tertiary/aromatic N) is 3. The highest BCUT2D eigenvalue weighted by Gasteiger charge is 2.18. The number of fused-ring (bicyclic) bond motifs is 1. The van der Waals surface area contributed by atoms with E-state index in [0.717, 1.165) is 29.7 Å². The monoisotopic (exact) mass is 294 g/mol. The van der Waals surface area contributed by atoms with Crippen molar-refractivity contribution in [2.24, 2.45) is 0 Å². The second-order valence-electron chi connectivity index (χ2n) is 5.26. The fourth-order valence-electron chi connectivity index (χ4n) is 2.48. The minimum Gasteiger partial charge on any atom is -0.305 e. The second kappa shape index (κ2) is 5.97. The lowest BCUT2D eigenvalue weighted by Gasteiger charge is -2.06. The van der Waals surface area contributed by atoms with Gasteiger partial charge in [0.15, 0.2) is 0 Å². The molecule has 22 heavy (non-hydrogen) atoms. The Bertz CT molecular complexity index is 822. The summed E-state index contributed by atoms with van der Waals surface area (Å²) in [6, 6.07) is 9.46. The zero-order valence-corrected chi connectivity index (χ0v) is 12.7. The van der Waals surface area contributed by atoms with E-state index in [1.165, 1.54) is 0 Å². The Morgan fingerprint density at radius 1 is 1.32 bits per heavy atom. The minimum absolute atomic E-state index is 0.180. The van der Waals surface area contributed by atoms with Gasteiger partial charge in [-0.25, -0.2) is 9.97 Å². The molecule has 0 spiro atoms. The summed E-state index contributed by atoms with van der Waals surface area (Å²) in [4.78, 5) is 21.4. The summed E-state index contributed by atoms with van der Waals surface area (Å²) in [7, 11) is 0. The number of hydrogen-bond donors (Lipinski definition) is 1. The van der Waals surface area contributed by atoms with Gasteiger partial charge in [-0.1, -0.05) is 19.4 Å². The van der Waals surface area contributed by atoms with Gasteiger partial charge in [0.05, 0.1) is 5.69 Å². The lowest BCUT2D eigenvalue weighted by Crippen LogP contribution is -2.17. The zero-order valence-electron chi connectivity index (χ0n) is 12.7. The quantitative estimate of drug-likeness (QED) is 0.803. The van der Waals surface area contributed by atoms with Gasteiger partial charge in [0, 0.05) is 12.4 Å². The van der Waals surface area contributed by atoms with E-state index in [1.807, 2.05) is 47.9 Å². The first-order valence-electron chi connectivity index (χ1n) is 7.39. The van der Waals surface area contributed by atoms with E-state index in [0.29, 0.717) is 11.5 Å². The number of aromatic nitrogens is 3. The molecule has 0 saturated heterocycles. The van der Waals surface area contributed by atoms with Crippen molar-refractivity contribution in [1.29, 1.82) is 0 Å². The van der Waals surface area contributed by atoms with Crippen LogP contribution in [0, 0.1) is 6.92 Å². The molecule has 5 heteroatoms. The Labute approximate surface area is 129 Å². The highest BCUT2D eigenvalue weighted by Crippen LogP contribution is 2.16. The van der Waals surface area contributed by atoms with Gasteiger partial charge in [-0.15, -0.1) is 0 Å². The topological polar surface area (TPSA) is 59.3 Å². The molecule has 3 aromatic rings. The SMILES string of the molecule is CCCc1nc2ccccn2c1C(=O)Nc1cc(C)ccn1. The van der Waals surface area contributed by atoms with Crippen LogP contribution in [-0.4, -0.2) is 20.3 Å². The molecule has 5 nitrogen and oxygen atoms in total. The largest absolute Gasteiger partial charge is 0.305 e. The third-order valence-electron chi connectivity index (χ3n) is 3.46. The maximum Gasteiger partial charge on any atom is 0.275 e. The Kier molecular flexibility index (Phi) is 3.87. The normalized spacial score (nSPS) is 10.8. The molecular weight excluding hydrogens is 276 g/mol. The molecule has 0 aromatic carbocycles. The third-order valence-corrected chi connectivity index (χ3v) is 3.46.